The molecule has 0 unspecified atom stereocenters. The Bertz CT molecular complexity index is 1310. The van der Waals surface area contributed by atoms with Gasteiger partial charge in [0.15, 0.2) is 0 Å². The van der Waals surface area contributed by atoms with Crippen LogP contribution in [0.4, 0.5) is 5.69 Å². The molecule has 1 aliphatic rings. The highest BCUT2D eigenvalue weighted by Crippen LogP contribution is 2.33. The number of hydrogen-bond donors (Lipinski definition) is 1. The van der Waals surface area contributed by atoms with Gasteiger partial charge < -0.3 is 18.8 Å². The van der Waals surface area contributed by atoms with Crippen LogP contribution in [0.5, 0.6) is 0 Å². The van der Waals surface area contributed by atoms with E-state index in [1.54, 1.807) is 29.2 Å². The molecule has 2 heterocycles. The van der Waals surface area contributed by atoms with Crippen LogP contribution < -0.4 is 9.62 Å². The van der Waals surface area contributed by atoms with Gasteiger partial charge in [0.1, 0.15) is 23.8 Å². The summed E-state index contributed by atoms with van der Waals surface area (Å²) in [5.74, 6) is -0.672. The topological polar surface area (TPSA) is 115 Å². The van der Waals surface area contributed by atoms with E-state index in [0.29, 0.717) is 41.8 Å². The van der Waals surface area contributed by atoms with Gasteiger partial charge in [0, 0.05) is 29.1 Å². The molecule has 2 aromatic carbocycles. The molecule has 1 amide bonds. The molecule has 176 valence electrons. The number of carbonyl (C=O) groups is 2. The molecular weight excluding hydrogens is 448 g/mol. The van der Waals surface area contributed by atoms with Crippen molar-refractivity contribution in [1.29, 1.82) is 0 Å². The average molecular weight is 475 g/mol. The minimum absolute atomic E-state index is 0.0165. The fourth-order valence-electron chi connectivity index (χ4n) is 3.93. The van der Waals surface area contributed by atoms with Crippen LogP contribution >= 0.6 is 0 Å². The van der Waals surface area contributed by atoms with Crippen LogP contribution in [-0.4, -0.2) is 53.2 Å². The van der Waals surface area contributed by atoms with Crippen molar-refractivity contribution in [2.24, 2.45) is 5.92 Å². The molecule has 1 atom stereocenters. The van der Waals surface area contributed by atoms with Crippen molar-refractivity contribution < 1.29 is 31.9 Å². The minimum atomic E-state index is -3.99. The second kappa shape index (κ2) is 9.12. The third-order valence-corrected chi connectivity index (χ3v) is 6.99. The summed E-state index contributed by atoms with van der Waals surface area (Å²) in [7, 11) is -2.76. The highest BCUT2D eigenvalue weighted by Gasteiger charge is 2.28. The van der Waals surface area contributed by atoms with Gasteiger partial charge in [-0.05, 0) is 42.7 Å². The summed E-state index contributed by atoms with van der Waals surface area (Å²) in [5.41, 5.74) is 1.75. The Morgan fingerprint density at radius 2 is 1.94 bits per heavy atom. The number of nitrogens with one attached hydrogen (secondary N) is 1. The fourth-order valence-corrected chi connectivity index (χ4v) is 5.16. The van der Waals surface area contributed by atoms with Crippen molar-refractivity contribution in [2.75, 3.05) is 31.8 Å². The monoisotopic (exact) mass is 474 g/mol. The van der Waals surface area contributed by atoms with Gasteiger partial charge in [-0.15, -0.1) is 0 Å². The van der Waals surface area contributed by atoms with Gasteiger partial charge >= 0.3 is 5.97 Å². The van der Waals surface area contributed by atoms with E-state index in [1.165, 1.54) is 19.2 Å². The van der Waals surface area contributed by atoms with Crippen molar-refractivity contribution in [3.63, 3.8) is 0 Å². The first-order chi connectivity index (χ1) is 15.7. The number of carbonyl (C=O) groups excluding carboxylic acids is 2. The molecule has 33 heavy (non-hydrogen) atoms. The van der Waals surface area contributed by atoms with E-state index in [4.69, 9.17) is 13.9 Å². The lowest BCUT2D eigenvalue weighted by molar-refractivity contribution is -0.143. The maximum absolute atomic E-state index is 13.0. The molecule has 0 saturated carbocycles. The van der Waals surface area contributed by atoms with Crippen molar-refractivity contribution in [2.45, 2.75) is 31.2 Å². The zero-order valence-electron chi connectivity index (χ0n) is 18.7. The maximum atomic E-state index is 13.0. The molecule has 1 aromatic heterocycles. The number of amides is 1. The lowest BCUT2D eigenvalue weighted by Gasteiger charge is -2.26. The summed E-state index contributed by atoms with van der Waals surface area (Å²) in [4.78, 5) is 25.9. The summed E-state index contributed by atoms with van der Waals surface area (Å²) >= 11 is 0. The number of anilines is 1. The van der Waals surface area contributed by atoms with Gasteiger partial charge in [-0.3, -0.25) is 9.59 Å². The molecule has 1 fully saturated rings. The standard InChI is InChI=1S/C23H26N2O7S/c1-14(2)10-19(23(27)30-3)24-33(28,29)16-5-7-20-18(12-16)17-6-4-15(11-21(17)32-20)25-8-9-31-13-22(25)26/h4-7,11-12,14,19,24H,8-10,13H2,1-3H3/t19-/m0/s1. The third-order valence-electron chi connectivity index (χ3n) is 5.52. The Kier molecular flexibility index (Phi) is 6.42. The Hall–Kier alpha value is -2.95. The lowest BCUT2D eigenvalue weighted by atomic mass is 10.1. The van der Waals surface area contributed by atoms with E-state index in [2.05, 4.69) is 4.72 Å². The second-order valence-electron chi connectivity index (χ2n) is 8.37. The number of morpholine rings is 1. The van der Waals surface area contributed by atoms with Crippen molar-refractivity contribution in [3.05, 3.63) is 36.4 Å². The van der Waals surface area contributed by atoms with E-state index in [0.717, 1.165) is 5.39 Å². The quantitative estimate of drug-likeness (QED) is 0.524. The van der Waals surface area contributed by atoms with Crippen molar-refractivity contribution in [1.82, 2.24) is 4.72 Å². The number of hydrogen-bond acceptors (Lipinski definition) is 7. The number of esters is 1. The molecule has 0 spiro atoms. The molecule has 3 aromatic rings. The summed E-state index contributed by atoms with van der Waals surface area (Å²) in [6.45, 7) is 4.74. The molecule has 9 nitrogen and oxygen atoms in total. The van der Waals surface area contributed by atoms with E-state index < -0.39 is 22.0 Å². The number of sulfonamides is 1. The number of ether oxygens (including phenoxy) is 2. The average Bonchev–Trinajstić information content (AvgIpc) is 3.15. The van der Waals surface area contributed by atoms with Gasteiger partial charge in [0.05, 0.1) is 18.6 Å². The highest BCUT2D eigenvalue weighted by molar-refractivity contribution is 7.89. The molecule has 1 N–H and O–H groups in total. The van der Waals surface area contributed by atoms with E-state index in [-0.39, 0.29) is 23.3 Å². The van der Waals surface area contributed by atoms with Gasteiger partial charge in [-0.25, -0.2) is 8.42 Å². The van der Waals surface area contributed by atoms with Crippen LogP contribution in [0, 0.1) is 5.92 Å². The SMILES string of the molecule is COC(=O)[C@H](CC(C)C)NS(=O)(=O)c1ccc2oc3cc(N4CCOCC4=O)ccc3c2c1. The summed E-state index contributed by atoms with van der Waals surface area (Å²) in [6.07, 6.45) is 0.311. The molecular formula is C23H26N2O7S. The first kappa shape index (κ1) is 23.2. The Morgan fingerprint density at radius 1 is 1.15 bits per heavy atom. The van der Waals surface area contributed by atoms with Crippen LogP contribution in [0.2, 0.25) is 0 Å². The smallest absolute Gasteiger partial charge is 0.323 e. The van der Waals surface area contributed by atoms with Gasteiger partial charge in [-0.1, -0.05) is 13.8 Å². The van der Waals surface area contributed by atoms with Crippen molar-refractivity contribution >= 4 is 49.5 Å². The Morgan fingerprint density at radius 3 is 2.64 bits per heavy atom. The van der Waals surface area contributed by atoms with Gasteiger partial charge in [0.2, 0.25) is 10.0 Å². The summed E-state index contributed by atoms with van der Waals surface area (Å²) in [5, 5.41) is 1.34. The molecule has 1 saturated heterocycles. The highest BCUT2D eigenvalue weighted by atomic mass is 32.2. The maximum Gasteiger partial charge on any atom is 0.323 e. The van der Waals surface area contributed by atoms with Crippen LogP contribution in [-0.2, 0) is 29.1 Å². The van der Waals surface area contributed by atoms with E-state index >= 15 is 0 Å². The predicted molar refractivity (Wildman–Crippen MR) is 122 cm³/mol. The van der Waals surface area contributed by atoms with E-state index in [1.807, 2.05) is 13.8 Å². The Labute approximate surface area is 191 Å². The number of rotatable bonds is 7. The first-order valence-corrected chi connectivity index (χ1v) is 12.1. The molecule has 1 aliphatic heterocycles. The summed E-state index contributed by atoms with van der Waals surface area (Å²) in [6, 6.07) is 8.93. The molecule has 0 radical (unpaired) electrons. The number of methoxy groups -OCH3 is 1. The first-order valence-electron chi connectivity index (χ1n) is 10.6. The van der Waals surface area contributed by atoms with Crippen LogP contribution in [0.25, 0.3) is 21.9 Å². The largest absolute Gasteiger partial charge is 0.468 e. The molecule has 0 aliphatic carbocycles. The van der Waals surface area contributed by atoms with Gasteiger partial charge in [0.25, 0.3) is 5.91 Å². The van der Waals surface area contributed by atoms with Crippen molar-refractivity contribution in [3.8, 4) is 0 Å². The number of nitrogens with zero attached hydrogens (tertiary/aromatic N) is 1. The van der Waals surface area contributed by atoms with Crippen LogP contribution in [0.1, 0.15) is 20.3 Å². The van der Waals surface area contributed by atoms with Crippen LogP contribution in [0.3, 0.4) is 0 Å². The molecule has 4 rings (SSSR count). The number of benzene rings is 2. The minimum Gasteiger partial charge on any atom is -0.468 e. The normalized spacial score (nSPS) is 16.0. The van der Waals surface area contributed by atoms with E-state index in [9.17, 15) is 18.0 Å². The second-order valence-corrected chi connectivity index (χ2v) is 10.1. The number of furan rings is 1. The third kappa shape index (κ3) is 4.73. The fraction of sp³-hybridized carbons (Fsp3) is 0.391. The Balaban J connectivity index is 1.68. The summed E-state index contributed by atoms with van der Waals surface area (Å²) < 4.78 is 44.4. The zero-order valence-corrected chi connectivity index (χ0v) is 19.5. The van der Waals surface area contributed by atoms with Gasteiger partial charge in [-0.2, -0.15) is 4.72 Å². The number of fused-ring (bicyclic) bond motifs is 3. The zero-order chi connectivity index (χ0) is 23.8. The van der Waals surface area contributed by atoms with Crippen LogP contribution in [0.15, 0.2) is 45.7 Å². The predicted octanol–water partition coefficient (Wildman–Crippen LogP) is 2.82. The lowest BCUT2D eigenvalue weighted by Crippen LogP contribution is -2.42. The molecule has 10 heteroatoms. The molecule has 0 bridgehead atoms.